The molecule has 0 bridgehead atoms. The van der Waals surface area contributed by atoms with E-state index in [-0.39, 0.29) is 41.2 Å². The van der Waals surface area contributed by atoms with Gasteiger partial charge in [-0.25, -0.2) is 23.0 Å². The number of nitrogens with one attached hydrogen (secondary N) is 2. The highest BCUT2D eigenvalue weighted by molar-refractivity contribution is 7.92. The van der Waals surface area contributed by atoms with E-state index in [4.69, 9.17) is 11.3 Å². The molecule has 1 aliphatic carbocycles. The van der Waals surface area contributed by atoms with Crippen LogP contribution in [0.2, 0.25) is 0 Å². The fourth-order valence-electron chi connectivity index (χ4n) is 5.13. The monoisotopic (exact) mass is 566 g/mol. The van der Waals surface area contributed by atoms with Crippen LogP contribution in [0.1, 0.15) is 54.4 Å². The number of allylic oxidation sites excluding steroid dienone is 2. The number of anilines is 2. The molecule has 1 atom stereocenters. The molecule has 1 aromatic carbocycles. The lowest BCUT2D eigenvalue weighted by atomic mass is 9.90. The molecule has 0 amide bonds. The van der Waals surface area contributed by atoms with E-state index in [1.165, 1.54) is 0 Å². The zero-order chi connectivity index (χ0) is 29.1. The lowest BCUT2D eigenvalue weighted by Gasteiger charge is -2.45. The molecule has 1 fully saturated rings. The Bertz CT molecular complexity index is 1220. The number of benzene rings is 1. The zero-order valence-electron chi connectivity index (χ0n) is 24.0. The molecule has 2 aliphatic rings. The number of halogens is 2. The summed E-state index contributed by atoms with van der Waals surface area (Å²) in [5.74, 6) is 3.67. The van der Waals surface area contributed by atoms with Crippen LogP contribution >= 0.6 is 0 Å². The van der Waals surface area contributed by atoms with Crippen LogP contribution in [-0.4, -0.2) is 74.0 Å². The summed E-state index contributed by atoms with van der Waals surface area (Å²) in [5.41, 5.74) is 1.23. The van der Waals surface area contributed by atoms with Gasteiger partial charge in [-0.1, -0.05) is 38.5 Å². The van der Waals surface area contributed by atoms with Crippen molar-refractivity contribution in [3.8, 4) is 0 Å². The lowest BCUT2D eigenvalue weighted by molar-refractivity contribution is 0.0507. The first-order valence-corrected chi connectivity index (χ1v) is 15.3. The van der Waals surface area contributed by atoms with E-state index in [9.17, 15) is 12.8 Å². The molecular weight excluding hydrogens is 522 g/mol. The van der Waals surface area contributed by atoms with Crippen LogP contribution in [0.25, 0.3) is 0 Å². The molecule has 39 heavy (non-hydrogen) atoms. The standard InChI is InChI=1S/C28H44F2N6O2S/c1-7-20-14-21(16-22(15-20)34-10-12-35(13-11-34)28(4,5)6)24(31)17-36(32)27-23(29)8-9-25(26(27)30)33-39(37,38)18-19(2)3/h8-9,14-15,19,22,31,33H,7,10-13,16-18,32H2,1-6H3. The second-order valence-electron chi connectivity index (χ2n) is 11.9. The topological polar surface area (TPSA) is 106 Å². The van der Waals surface area contributed by atoms with Crippen LogP contribution in [0.3, 0.4) is 0 Å². The van der Waals surface area contributed by atoms with Crippen molar-refractivity contribution in [2.45, 2.75) is 66.0 Å². The van der Waals surface area contributed by atoms with E-state index in [0.29, 0.717) is 6.42 Å². The van der Waals surface area contributed by atoms with Crippen LogP contribution in [0.15, 0.2) is 35.4 Å². The minimum atomic E-state index is -3.83. The van der Waals surface area contributed by atoms with Gasteiger partial charge in [-0.2, -0.15) is 0 Å². The van der Waals surface area contributed by atoms with E-state index in [1.807, 2.05) is 6.08 Å². The number of hydrazine groups is 1. The molecule has 0 saturated carbocycles. The molecular formula is C28H44F2N6O2S. The number of hydrogen-bond donors (Lipinski definition) is 3. The van der Waals surface area contributed by atoms with Gasteiger partial charge in [0, 0.05) is 37.8 Å². The summed E-state index contributed by atoms with van der Waals surface area (Å²) in [6.45, 7) is 15.8. The van der Waals surface area contributed by atoms with Gasteiger partial charge in [-0.15, -0.1) is 0 Å². The van der Waals surface area contributed by atoms with Crippen molar-refractivity contribution in [1.82, 2.24) is 9.80 Å². The summed E-state index contributed by atoms with van der Waals surface area (Å²) in [6.07, 6.45) is 5.66. The van der Waals surface area contributed by atoms with Gasteiger partial charge in [0.25, 0.3) is 0 Å². The fraction of sp³-hybridized carbons (Fsp3) is 0.607. The Labute approximate surface area is 232 Å². The fourth-order valence-corrected chi connectivity index (χ4v) is 6.59. The van der Waals surface area contributed by atoms with Crippen molar-refractivity contribution >= 4 is 27.1 Å². The van der Waals surface area contributed by atoms with Crippen LogP contribution in [0, 0.1) is 23.0 Å². The highest BCUT2D eigenvalue weighted by atomic mass is 32.2. The Balaban J connectivity index is 1.74. The summed E-state index contributed by atoms with van der Waals surface area (Å²) >= 11 is 0. The Morgan fingerprint density at radius 1 is 1.21 bits per heavy atom. The predicted molar refractivity (Wildman–Crippen MR) is 156 cm³/mol. The maximum absolute atomic E-state index is 15.3. The van der Waals surface area contributed by atoms with Gasteiger partial charge in [0.15, 0.2) is 11.6 Å². The Morgan fingerprint density at radius 2 is 1.85 bits per heavy atom. The highest BCUT2D eigenvalue weighted by Gasteiger charge is 2.31. The van der Waals surface area contributed by atoms with E-state index >= 15 is 4.39 Å². The van der Waals surface area contributed by atoms with Gasteiger partial charge in [0.1, 0.15) is 5.69 Å². The first-order valence-electron chi connectivity index (χ1n) is 13.6. The average Bonchev–Trinajstić information content (AvgIpc) is 2.84. The molecule has 8 nitrogen and oxygen atoms in total. The van der Waals surface area contributed by atoms with Crippen molar-refractivity contribution in [1.29, 1.82) is 5.41 Å². The van der Waals surface area contributed by atoms with Gasteiger partial charge in [-0.3, -0.25) is 19.5 Å². The molecule has 1 heterocycles. The Morgan fingerprint density at radius 3 is 2.41 bits per heavy atom. The van der Waals surface area contributed by atoms with Gasteiger partial charge < -0.3 is 5.41 Å². The molecule has 11 heteroatoms. The molecule has 0 aromatic heterocycles. The number of sulfonamides is 1. The predicted octanol–water partition coefficient (Wildman–Crippen LogP) is 4.51. The van der Waals surface area contributed by atoms with Crippen molar-refractivity contribution in [3.63, 3.8) is 0 Å². The van der Waals surface area contributed by atoms with Crippen LogP contribution in [0.5, 0.6) is 0 Å². The summed E-state index contributed by atoms with van der Waals surface area (Å²) < 4.78 is 56.9. The van der Waals surface area contributed by atoms with Crippen LogP contribution < -0.4 is 15.6 Å². The summed E-state index contributed by atoms with van der Waals surface area (Å²) in [6, 6.07) is 2.15. The molecule has 1 unspecified atom stereocenters. The third kappa shape index (κ3) is 8.09. The third-order valence-corrected chi connectivity index (χ3v) is 8.86. The van der Waals surface area contributed by atoms with Crippen molar-refractivity contribution in [2.24, 2.45) is 11.8 Å². The molecule has 218 valence electrons. The molecule has 3 rings (SSSR count). The zero-order valence-corrected chi connectivity index (χ0v) is 24.8. The van der Waals surface area contributed by atoms with Crippen molar-refractivity contribution < 1.29 is 17.2 Å². The van der Waals surface area contributed by atoms with Gasteiger partial charge in [0.05, 0.1) is 23.7 Å². The molecule has 4 N–H and O–H groups in total. The maximum Gasteiger partial charge on any atom is 0.233 e. The second kappa shape index (κ2) is 12.4. The van der Waals surface area contributed by atoms with Gasteiger partial charge in [0.2, 0.25) is 10.0 Å². The SMILES string of the molecule is CCC1=CC(N2CCN(C(C)(C)C)CC2)CC(C(=N)CN(N)c2c(F)ccc(NS(=O)(=O)CC(C)C)c2F)=C1. The van der Waals surface area contributed by atoms with E-state index in [1.54, 1.807) is 13.8 Å². The number of nitrogens with two attached hydrogens (primary N) is 1. The summed E-state index contributed by atoms with van der Waals surface area (Å²) in [7, 11) is -3.83. The Hall–Kier alpha value is -2.34. The number of rotatable bonds is 10. The summed E-state index contributed by atoms with van der Waals surface area (Å²) in [5, 5.41) is 9.60. The smallest absolute Gasteiger partial charge is 0.233 e. The molecule has 1 aliphatic heterocycles. The second-order valence-corrected chi connectivity index (χ2v) is 13.6. The molecule has 0 spiro atoms. The van der Waals surface area contributed by atoms with E-state index in [2.05, 4.69) is 48.3 Å². The lowest BCUT2D eigenvalue weighted by Crippen LogP contribution is -2.55. The number of nitrogens with zero attached hydrogens (tertiary/aromatic N) is 3. The normalized spacial score (nSPS) is 19.6. The number of piperazine rings is 1. The van der Waals surface area contributed by atoms with Crippen LogP contribution in [-0.2, 0) is 10.0 Å². The van der Waals surface area contributed by atoms with Crippen molar-refractivity contribution in [2.75, 3.05) is 48.2 Å². The molecule has 1 aromatic rings. The minimum Gasteiger partial charge on any atom is -0.303 e. The molecule has 1 saturated heterocycles. The van der Waals surface area contributed by atoms with Crippen molar-refractivity contribution in [3.05, 3.63) is 47.1 Å². The highest BCUT2D eigenvalue weighted by Crippen LogP contribution is 2.30. The molecule has 0 radical (unpaired) electrons. The van der Waals surface area contributed by atoms with E-state index in [0.717, 1.165) is 60.9 Å². The first kappa shape index (κ1) is 31.2. The maximum atomic E-state index is 15.3. The Kier molecular flexibility index (Phi) is 9.96. The summed E-state index contributed by atoms with van der Waals surface area (Å²) in [4.78, 5) is 4.91. The third-order valence-electron chi connectivity index (χ3n) is 7.22. The van der Waals surface area contributed by atoms with Crippen LogP contribution in [0.4, 0.5) is 20.2 Å². The van der Waals surface area contributed by atoms with Gasteiger partial charge >= 0.3 is 0 Å². The van der Waals surface area contributed by atoms with E-state index < -0.39 is 27.3 Å². The largest absolute Gasteiger partial charge is 0.303 e. The quantitative estimate of drug-likeness (QED) is 0.219. The van der Waals surface area contributed by atoms with Gasteiger partial charge in [-0.05, 0) is 57.2 Å². The number of hydrogen-bond acceptors (Lipinski definition) is 7. The minimum absolute atomic E-state index is 0.122. The first-order chi connectivity index (χ1) is 18.1. The average molecular weight is 567 g/mol.